The molecule has 0 spiro atoms. The number of carbonyl (C=O) groups excluding carboxylic acids is 1. The Morgan fingerprint density at radius 3 is 2.55 bits per heavy atom. The number of carbonyl (C=O) groups is 1. The topological polar surface area (TPSA) is 118 Å². The van der Waals surface area contributed by atoms with E-state index in [0.29, 0.717) is 26.2 Å². The summed E-state index contributed by atoms with van der Waals surface area (Å²) in [4.78, 5) is 25.9. The van der Waals surface area contributed by atoms with Gasteiger partial charge in [-0.25, -0.2) is 14.3 Å². The number of hydrogen-bond acceptors (Lipinski definition) is 6. The molecule has 1 heterocycles. The van der Waals surface area contributed by atoms with Crippen LogP contribution in [0.2, 0.25) is 0 Å². The summed E-state index contributed by atoms with van der Waals surface area (Å²) in [5, 5.41) is 0.723. The number of anilines is 1. The SMILES string of the molecule is CNS(=O)(=O)Nc1cccc(Cc2c(C)c3cc(I)c(OC(=O)N(C)C)cc3oc2=O)c1.[KH]. The van der Waals surface area contributed by atoms with Gasteiger partial charge in [-0.05, 0) is 58.8 Å². The Kier molecular flexibility index (Phi) is 9.94. The summed E-state index contributed by atoms with van der Waals surface area (Å²) in [6, 6.07) is 10.1. The number of fused-ring (bicyclic) bond motifs is 1. The molecule has 0 radical (unpaired) electrons. The second kappa shape index (κ2) is 11.6. The number of halogens is 1. The van der Waals surface area contributed by atoms with E-state index in [2.05, 4.69) is 32.0 Å². The standard InChI is InChI=1S/C21H22IN3O6S.K.H/c1-12-15-10-17(22)19(31-21(27)25(3)4)11-18(15)30-20(26)16(12)9-13-6-5-7-14(8-13)24-32(28,29)23-2;;/h5-8,10-11,23-24H,9H2,1-4H3;;. The number of amides is 1. The number of aryl methyl sites for hydroxylation is 1. The molecule has 3 rings (SSSR count). The molecule has 0 fully saturated rings. The zero-order chi connectivity index (χ0) is 23.6. The van der Waals surface area contributed by atoms with Gasteiger partial charge in [-0.1, -0.05) is 12.1 Å². The van der Waals surface area contributed by atoms with E-state index in [4.69, 9.17) is 9.15 Å². The molecule has 0 saturated heterocycles. The van der Waals surface area contributed by atoms with E-state index in [9.17, 15) is 18.0 Å². The molecule has 0 aliphatic carbocycles. The molecule has 2 N–H and O–H groups in total. The summed E-state index contributed by atoms with van der Waals surface area (Å²) in [5.41, 5.74) is 2.11. The van der Waals surface area contributed by atoms with Crippen molar-refractivity contribution in [2.45, 2.75) is 13.3 Å². The molecular weight excluding hydrogens is 588 g/mol. The molecule has 0 bridgehead atoms. The quantitative estimate of drug-likeness (QED) is 0.252. The number of nitrogens with one attached hydrogen (secondary N) is 2. The summed E-state index contributed by atoms with van der Waals surface area (Å²) in [6.45, 7) is 1.82. The molecule has 9 nitrogen and oxygen atoms in total. The Balaban J connectivity index is 0.00000385. The van der Waals surface area contributed by atoms with Gasteiger partial charge >= 0.3 is 63.1 Å². The van der Waals surface area contributed by atoms with Crippen molar-refractivity contribution in [2.24, 2.45) is 0 Å². The van der Waals surface area contributed by atoms with Crippen LogP contribution < -0.4 is 19.8 Å². The first-order valence-corrected chi connectivity index (χ1v) is 12.0. The average molecular weight is 611 g/mol. The molecule has 2 aromatic carbocycles. The van der Waals surface area contributed by atoms with Crippen LogP contribution in [0.25, 0.3) is 11.0 Å². The van der Waals surface area contributed by atoms with Crippen molar-refractivity contribution in [3.63, 3.8) is 0 Å². The van der Waals surface area contributed by atoms with Gasteiger partial charge in [-0.15, -0.1) is 0 Å². The van der Waals surface area contributed by atoms with Crippen LogP contribution >= 0.6 is 22.6 Å². The Hall–Kier alpha value is -1.00. The van der Waals surface area contributed by atoms with Crippen LogP contribution in [-0.4, -0.2) is 91.9 Å². The van der Waals surface area contributed by atoms with E-state index in [1.54, 1.807) is 44.4 Å². The Labute approximate surface area is 248 Å². The van der Waals surface area contributed by atoms with Crippen LogP contribution in [0.4, 0.5) is 10.5 Å². The van der Waals surface area contributed by atoms with E-state index in [-0.39, 0.29) is 57.8 Å². The summed E-state index contributed by atoms with van der Waals surface area (Å²) in [5.74, 6) is 0.302. The van der Waals surface area contributed by atoms with Gasteiger partial charge in [0.15, 0.2) is 0 Å². The van der Waals surface area contributed by atoms with Crippen molar-refractivity contribution in [3.8, 4) is 5.75 Å². The molecule has 0 aliphatic heterocycles. The number of nitrogens with zero attached hydrogens (tertiary/aromatic N) is 1. The second-order valence-electron chi connectivity index (χ2n) is 7.22. The summed E-state index contributed by atoms with van der Waals surface area (Å²) >= 11 is 2.06. The van der Waals surface area contributed by atoms with Gasteiger partial charge in [-0.3, -0.25) is 4.72 Å². The van der Waals surface area contributed by atoms with Gasteiger partial charge in [0.2, 0.25) is 0 Å². The first kappa shape index (κ1) is 28.2. The van der Waals surface area contributed by atoms with Crippen molar-refractivity contribution >= 4 is 107 Å². The number of hydrogen-bond donors (Lipinski definition) is 2. The maximum absolute atomic E-state index is 12.7. The number of benzene rings is 2. The third kappa shape index (κ3) is 7.00. The van der Waals surface area contributed by atoms with Crippen molar-refractivity contribution < 1.29 is 22.4 Å². The molecule has 0 unspecified atom stereocenters. The Morgan fingerprint density at radius 2 is 1.91 bits per heavy atom. The predicted octanol–water partition coefficient (Wildman–Crippen LogP) is 2.58. The van der Waals surface area contributed by atoms with Crippen LogP contribution in [0.3, 0.4) is 0 Å². The number of rotatable bonds is 6. The normalized spacial score (nSPS) is 11.1. The predicted molar refractivity (Wildman–Crippen MR) is 138 cm³/mol. The molecule has 0 atom stereocenters. The monoisotopic (exact) mass is 611 g/mol. The minimum atomic E-state index is -3.65. The van der Waals surface area contributed by atoms with E-state index in [0.717, 1.165) is 16.5 Å². The van der Waals surface area contributed by atoms with Crippen molar-refractivity contribution in [2.75, 3.05) is 25.9 Å². The summed E-state index contributed by atoms with van der Waals surface area (Å²) in [6.07, 6.45) is -0.278. The molecule has 1 amide bonds. The van der Waals surface area contributed by atoms with Gasteiger partial charge in [0, 0.05) is 44.6 Å². The van der Waals surface area contributed by atoms with Gasteiger partial charge in [-0.2, -0.15) is 8.42 Å². The van der Waals surface area contributed by atoms with Crippen molar-refractivity contribution in [3.05, 3.63) is 67.1 Å². The maximum atomic E-state index is 12.7. The van der Waals surface area contributed by atoms with Crippen LogP contribution in [-0.2, 0) is 16.6 Å². The third-order valence-electron chi connectivity index (χ3n) is 4.73. The molecule has 3 aromatic rings. The van der Waals surface area contributed by atoms with Crippen LogP contribution in [0.5, 0.6) is 5.75 Å². The van der Waals surface area contributed by atoms with Crippen LogP contribution in [0, 0.1) is 10.5 Å². The zero-order valence-corrected chi connectivity index (χ0v) is 20.8. The molecule has 0 aliphatic rings. The fraction of sp³-hybridized carbons (Fsp3) is 0.238. The fourth-order valence-corrected chi connectivity index (χ4v) is 4.13. The van der Waals surface area contributed by atoms with Crippen LogP contribution in [0.1, 0.15) is 16.7 Å². The van der Waals surface area contributed by atoms with E-state index in [1.165, 1.54) is 18.0 Å². The second-order valence-corrected chi connectivity index (χ2v) is 10.0. The molecule has 0 saturated carbocycles. The van der Waals surface area contributed by atoms with E-state index < -0.39 is 21.9 Å². The molecule has 172 valence electrons. The van der Waals surface area contributed by atoms with Gasteiger partial charge in [0.1, 0.15) is 11.3 Å². The molecule has 1 aromatic heterocycles. The Morgan fingerprint density at radius 1 is 1.21 bits per heavy atom. The first-order valence-electron chi connectivity index (χ1n) is 9.46. The zero-order valence-electron chi connectivity index (χ0n) is 17.9. The van der Waals surface area contributed by atoms with Gasteiger partial charge in [0.25, 0.3) is 10.2 Å². The number of ether oxygens (including phenoxy) is 1. The summed E-state index contributed by atoms with van der Waals surface area (Å²) < 4.78 is 39.6. The molecule has 33 heavy (non-hydrogen) atoms. The van der Waals surface area contributed by atoms with Gasteiger partial charge < -0.3 is 14.1 Å². The van der Waals surface area contributed by atoms with E-state index >= 15 is 0 Å². The van der Waals surface area contributed by atoms with Crippen LogP contribution in [0.15, 0.2) is 45.6 Å². The summed E-state index contributed by atoms with van der Waals surface area (Å²) in [7, 11) is 0.809. The average Bonchev–Trinajstić information content (AvgIpc) is 2.72. The molecular formula is C21H23IKN3O6S. The van der Waals surface area contributed by atoms with Gasteiger partial charge in [0.05, 0.1) is 9.26 Å². The fourth-order valence-electron chi connectivity index (χ4n) is 3.01. The Bertz CT molecular complexity index is 1360. The minimum absolute atomic E-state index is 0. The van der Waals surface area contributed by atoms with Crippen molar-refractivity contribution in [1.82, 2.24) is 9.62 Å². The van der Waals surface area contributed by atoms with E-state index in [1.807, 2.05) is 6.92 Å². The third-order valence-corrected chi connectivity index (χ3v) is 6.62. The van der Waals surface area contributed by atoms with Crippen molar-refractivity contribution in [1.29, 1.82) is 0 Å². The first-order chi connectivity index (χ1) is 15.0. The molecule has 12 heteroatoms.